The van der Waals surface area contributed by atoms with Crippen LogP contribution in [0, 0.1) is 10.1 Å². The number of nitro benzene ring substituents is 1. The third-order valence-electron chi connectivity index (χ3n) is 4.23. The maximum absolute atomic E-state index is 12.9. The molecule has 0 unspecified atom stereocenters. The molecule has 7 nitrogen and oxygen atoms in total. The van der Waals surface area contributed by atoms with Gasteiger partial charge in [0, 0.05) is 29.6 Å². The minimum absolute atomic E-state index is 0.0723. The van der Waals surface area contributed by atoms with Crippen molar-refractivity contribution >= 4 is 50.1 Å². The largest absolute Gasteiger partial charge is 0.397 e. The van der Waals surface area contributed by atoms with Crippen molar-refractivity contribution in [2.24, 2.45) is 0 Å². The highest BCUT2D eigenvalue weighted by Gasteiger charge is 2.21. The van der Waals surface area contributed by atoms with Crippen LogP contribution in [0.25, 0.3) is 10.2 Å². The molecule has 0 bridgehead atoms. The predicted molar refractivity (Wildman–Crippen MR) is 110 cm³/mol. The van der Waals surface area contributed by atoms with E-state index >= 15 is 0 Å². The number of anilines is 3. The Morgan fingerprint density at radius 3 is 2.46 bits per heavy atom. The highest BCUT2D eigenvalue weighted by atomic mass is 32.1. The van der Waals surface area contributed by atoms with Crippen molar-refractivity contribution in [3.63, 3.8) is 0 Å². The maximum Gasteiger partial charge on any atom is 0.269 e. The van der Waals surface area contributed by atoms with Gasteiger partial charge in [-0.1, -0.05) is 18.2 Å². The Bertz CT molecular complexity index is 1190. The van der Waals surface area contributed by atoms with Crippen LogP contribution >= 0.6 is 11.3 Å². The van der Waals surface area contributed by atoms with Gasteiger partial charge >= 0.3 is 0 Å². The van der Waals surface area contributed by atoms with Crippen LogP contribution in [0.4, 0.5) is 22.7 Å². The number of hydrogen-bond acceptors (Lipinski definition) is 7. The molecule has 4 aromatic rings. The third-order valence-corrected chi connectivity index (χ3v) is 5.34. The zero-order valence-electron chi connectivity index (χ0n) is 14.5. The summed E-state index contributed by atoms with van der Waals surface area (Å²) in [5.74, 6) is -0.291. The first-order chi connectivity index (χ1) is 13.5. The second-order valence-corrected chi connectivity index (χ2v) is 7.01. The number of ketones is 1. The Hall–Kier alpha value is -3.78. The molecule has 0 aliphatic rings. The Balaban J connectivity index is 1.74. The Labute approximate surface area is 163 Å². The van der Waals surface area contributed by atoms with E-state index in [0.717, 1.165) is 11.4 Å². The molecule has 0 atom stereocenters. The van der Waals surface area contributed by atoms with Gasteiger partial charge in [-0.25, -0.2) is 4.98 Å². The van der Waals surface area contributed by atoms with E-state index in [0.29, 0.717) is 26.3 Å². The average Bonchev–Trinajstić information content (AvgIpc) is 3.06. The first kappa shape index (κ1) is 17.6. The number of non-ortho nitro benzene ring substituents is 1. The normalized spacial score (nSPS) is 10.7. The lowest BCUT2D eigenvalue weighted by Gasteiger charge is -2.08. The van der Waals surface area contributed by atoms with Gasteiger partial charge in [-0.05, 0) is 30.3 Å². The number of hydrogen-bond donors (Lipinski definition) is 2. The number of thiophene rings is 1. The zero-order valence-corrected chi connectivity index (χ0v) is 15.3. The zero-order chi connectivity index (χ0) is 19.7. The van der Waals surface area contributed by atoms with E-state index in [2.05, 4.69) is 10.3 Å². The first-order valence-corrected chi connectivity index (χ1v) is 9.14. The van der Waals surface area contributed by atoms with E-state index in [1.807, 2.05) is 30.3 Å². The highest BCUT2D eigenvalue weighted by Crippen LogP contribution is 2.39. The second kappa shape index (κ2) is 7.09. The van der Waals surface area contributed by atoms with Crippen LogP contribution in [-0.2, 0) is 0 Å². The monoisotopic (exact) mass is 390 g/mol. The summed E-state index contributed by atoms with van der Waals surface area (Å²) in [7, 11) is 0. The van der Waals surface area contributed by atoms with E-state index in [1.54, 1.807) is 12.3 Å². The van der Waals surface area contributed by atoms with Gasteiger partial charge in [0.1, 0.15) is 9.71 Å². The van der Waals surface area contributed by atoms with Crippen molar-refractivity contribution in [1.82, 2.24) is 4.98 Å². The van der Waals surface area contributed by atoms with Crippen molar-refractivity contribution in [3.8, 4) is 0 Å². The van der Waals surface area contributed by atoms with Crippen LogP contribution in [0.2, 0.25) is 0 Å². The molecule has 8 heteroatoms. The van der Waals surface area contributed by atoms with Crippen LogP contribution in [0.1, 0.15) is 15.2 Å². The van der Waals surface area contributed by atoms with Crippen molar-refractivity contribution in [2.75, 3.05) is 11.1 Å². The summed E-state index contributed by atoms with van der Waals surface area (Å²) in [6.45, 7) is 0. The number of rotatable bonds is 5. The SMILES string of the molecule is Nc1c(C(=O)c2ccc([N+](=O)[O-])cc2)sc2nccc(Nc3ccccc3)c12. The molecule has 2 heterocycles. The van der Waals surface area contributed by atoms with Crippen molar-refractivity contribution < 1.29 is 9.72 Å². The fourth-order valence-electron chi connectivity index (χ4n) is 2.86. The lowest BCUT2D eigenvalue weighted by molar-refractivity contribution is -0.384. The second-order valence-electron chi connectivity index (χ2n) is 6.01. The Morgan fingerprint density at radius 1 is 1.07 bits per heavy atom. The lowest BCUT2D eigenvalue weighted by atomic mass is 10.1. The number of nitrogens with zero attached hydrogens (tertiary/aromatic N) is 2. The summed E-state index contributed by atoms with van der Waals surface area (Å²) < 4.78 is 0. The number of pyridine rings is 1. The summed E-state index contributed by atoms with van der Waals surface area (Å²) in [6, 6.07) is 16.9. The van der Waals surface area contributed by atoms with Crippen molar-refractivity contribution in [3.05, 3.63) is 87.4 Å². The molecule has 0 aliphatic carbocycles. The summed E-state index contributed by atoms with van der Waals surface area (Å²) in [5.41, 5.74) is 8.57. The summed E-state index contributed by atoms with van der Waals surface area (Å²) in [5, 5.41) is 14.8. The number of para-hydroxylation sites is 1. The Kier molecular flexibility index (Phi) is 4.46. The topological polar surface area (TPSA) is 111 Å². The van der Waals surface area contributed by atoms with Gasteiger partial charge in [0.2, 0.25) is 5.78 Å². The van der Waals surface area contributed by atoms with E-state index in [4.69, 9.17) is 5.73 Å². The van der Waals surface area contributed by atoms with Gasteiger partial charge in [0.15, 0.2) is 0 Å². The molecule has 0 saturated carbocycles. The van der Waals surface area contributed by atoms with Crippen molar-refractivity contribution in [1.29, 1.82) is 0 Å². The number of benzene rings is 2. The molecule has 4 rings (SSSR count). The number of nitrogen functional groups attached to an aromatic ring is 1. The number of nitrogens with two attached hydrogens (primary N) is 1. The van der Waals surface area contributed by atoms with Gasteiger partial charge in [-0.15, -0.1) is 11.3 Å². The lowest BCUT2D eigenvalue weighted by Crippen LogP contribution is -2.02. The fraction of sp³-hybridized carbons (Fsp3) is 0. The Morgan fingerprint density at radius 2 is 1.79 bits per heavy atom. The molecule has 0 amide bonds. The number of aromatic nitrogens is 1. The molecule has 0 radical (unpaired) electrons. The van der Waals surface area contributed by atoms with E-state index in [9.17, 15) is 14.9 Å². The van der Waals surface area contributed by atoms with Crippen LogP contribution in [0.5, 0.6) is 0 Å². The summed E-state index contributed by atoms with van der Waals surface area (Å²) in [4.78, 5) is 28.5. The minimum atomic E-state index is -0.506. The van der Waals surface area contributed by atoms with Gasteiger partial charge in [0.05, 0.1) is 21.7 Å². The molecule has 0 saturated heterocycles. The number of carbonyl (C=O) groups is 1. The molecule has 28 heavy (non-hydrogen) atoms. The highest BCUT2D eigenvalue weighted by molar-refractivity contribution is 7.21. The van der Waals surface area contributed by atoms with Gasteiger partial charge in [-0.3, -0.25) is 14.9 Å². The summed E-state index contributed by atoms with van der Waals surface area (Å²) >= 11 is 1.20. The van der Waals surface area contributed by atoms with Gasteiger partial charge in [-0.2, -0.15) is 0 Å². The molecule has 3 N–H and O–H groups in total. The van der Waals surface area contributed by atoms with Crippen LogP contribution in [0.3, 0.4) is 0 Å². The standard InChI is InChI=1S/C20H14N4O3S/c21-17-16-15(23-13-4-2-1-3-5-13)10-11-22-20(16)28-19(17)18(25)12-6-8-14(9-7-12)24(26)27/h1-11H,21H2,(H,22,23). The molecule has 0 spiro atoms. The number of nitrogens with one attached hydrogen (secondary N) is 1. The van der Waals surface area contributed by atoms with Crippen LogP contribution in [-0.4, -0.2) is 15.7 Å². The van der Waals surface area contributed by atoms with Gasteiger partial charge in [0.25, 0.3) is 5.69 Å². The molecule has 0 fully saturated rings. The van der Waals surface area contributed by atoms with E-state index < -0.39 is 4.92 Å². The number of fused-ring (bicyclic) bond motifs is 1. The smallest absolute Gasteiger partial charge is 0.269 e. The number of nitro groups is 1. The average molecular weight is 390 g/mol. The predicted octanol–water partition coefficient (Wildman–Crippen LogP) is 4.76. The van der Waals surface area contributed by atoms with E-state index in [1.165, 1.54) is 35.6 Å². The molecule has 0 aliphatic heterocycles. The minimum Gasteiger partial charge on any atom is -0.397 e. The third kappa shape index (κ3) is 3.17. The molecular weight excluding hydrogens is 376 g/mol. The fourth-order valence-corrected chi connectivity index (χ4v) is 3.91. The van der Waals surface area contributed by atoms with Crippen LogP contribution < -0.4 is 11.1 Å². The summed E-state index contributed by atoms with van der Waals surface area (Å²) in [6.07, 6.45) is 1.66. The van der Waals surface area contributed by atoms with Crippen LogP contribution in [0.15, 0.2) is 66.9 Å². The molecular formula is C20H14N4O3S. The quantitative estimate of drug-likeness (QED) is 0.289. The number of carbonyl (C=O) groups excluding carboxylic acids is 1. The van der Waals surface area contributed by atoms with Gasteiger partial charge < -0.3 is 11.1 Å². The maximum atomic E-state index is 12.9. The van der Waals surface area contributed by atoms with E-state index in [-0.39, 0.29) is 11.5 Å². The molecule has 2 aromatic carbocycles. The van der Waals surface area contributed by atoms with Crippen molar-refractivity contribution in [2.45, 2.75) is 0 Å². The first-order valence-electron chi connectivity index (χ1n) is 8.33. The molecule has 2 aromatic heterocycles. The molecule has 138 valence electrons.